The van der Waals surface area contributed by atoms with Crippen LogP contribution in [0.15, 0.2) is 22.7 Å². The van der Waals surface area contributed by atoms with Crippen LogP contribution in [0.25, 0.3) is 0 Å². The summed E-state index contributed by atoms with van der Waals surface area (Å²) < 4.78 is 0.971. The molecule has 0 heterocycles. The quantitative estimate of drug-likeness (QED) is 0.928. The highest BCUT2D eigenvalue weighted by molar-refractivity contribution is 9.10. The number of hydrogen-bond acceptors (Lipinski definition) is 2. The molecular weight excluding hydrogens is 282 g/mol. The first-order valence-electron chi connectivity index (χ1n) is 5.61. The first kappa shape index (κ1) is 14.2. The lowest BCUT2D eigenvalue weighted by molar-refractivity contribution is 0.0768. The van der Waals surface area contributed by atoms with Crippen LogP contribution in [-0.4, -0.2) is 35.6 Å². The molecule has 0 aromatic heterocycles. The van der Waals surface area contributed by atoms with Crippen molar-refractivity contribution in [3.05, 3.63) is 33.8 Å². The topological polar surface area (TPSA) is 40.5 Å². The van der Waals surface area contributed by atoms with E-state index in [0.29, 0.717) is 18.5 Å². The number of rotatable bonds is 4. The molecular formula is C13H18BrNO2. The molecule has 0 aliphatic carbocycles. The van der Waals surface area contributed by atoms with Crippen molar-refractivity contribution in [2.45, 2.75) is 26.4 Å². The molecule has 0 aliphatic rings. The summed E-state index contributed by atoms with van der Waals surface area (Å²) in [5, 5.41) is 9.20. The average molecular weight is 300 g/mol. The summed E-state index contributed by atoms with van der Waals surface area (Å²) in [7, 11) is 1.76. The van der Waals surface area contributed by atoms with E-state index in [9.17, 15) is 9.90 Å². The molecule has 1 amide bonds. The molecule has 1 aromatic carbocycles. The van der Waals surface area contributed by atoms with Crippen LogP contribution < -0.4 is 0 Å². The Balaban J connectivity index is 2.75. The Hall–Kier alpha value is -0.870. The Morgan fingerprint density at radius 2 is 2.18 bits per heavy atom. The third kappa shape index (κ3) is 4.13. The van der Waals surface area contributed by atoms with Gasteiger partial charge in [0, 0.05) is 23.6 Å². The molecule has 3 nitrogen and oxygen atoms in total. The SMILES string of the molecule is Cc1cc(Br)ccc1C(=O)N(C)CCC(C)O. The minimum atomic E-state index is -0.378. The Morgan fingerprint density at radius 3 is 2.71 bits per heavy atom. The number of carbonyl (C=O) groups excluding carboxylic acids is 1. The highest BCUT2D eigenvalue weighted by Crippen LogP contribution is 2.17. The van der Waals surface area contributed by atoms with Crippen molar-refractivity contribution in [2.75, 3.05) is 13.6 Å². The third-order valence-electron chi connectivity index (χ3n) is 2.65. The van der Waals surface area contributed by atoms with E-state index in [0.717, 1.165) is 10.0 Å². The highest BCUT2D eigenvalue weighted by Gasteiger charge is 2.14. The van der Waals surface area contributed by atoms with E-state index < -0.39 is 0 Å². The van der Waals surface area contributed by atoms with E-state index >= 15 is 0 Å². The molecule has 1 atom stereocenters. The number of hydrogen-bond donors (Lipinski definition) is 1. The molecule has 17 heavy (non-hydrogen) atoms. The second kappa shape index (κ2) is 6.17. The van der Waals surface area contributed by atoms with Gasteiger partial charge >= 0.3 is 0 Å². The van der Waals surface area contributed by atoms with Gasteiger partial charge in [-0.1, -0.05) is 15.9 Å². The van der Waals surface area contributed by atoms with E-state index in [1.807, 2.05) is 25.1 Å². The van der Waals surface area contributed by atoms with E-state index in [4.69, 9.17) is 0 Å². The standard InChI is InChI=1S/C13H18BrNO2/c1-9-8-11(14)4-5-12(9)13(17)15(3)7-6-10(2)16/h4-5,8,10,16H,6-7H2,1-3H3. The Labute approximate surface area is 111 Å². The Bertz CT molecular complexity index is 404. The first-order chi connectivity index (χ1) is 7.91. The molecule has 1 unspecified atom stereocenters. The van der Waals surface area contributed by atoms with Crippen LogP contribution in [0.2, 0.25) is 0 Å². The van der Waals surface area contributed by atoms with Crippen molar-refractivity contribution in [3.63, 3.8) is 0 Å². The number of aliphatic hydroxyl groups is 1. The smallest absolute Gasteiger partial charge is 0.253 e. The van der Waals surface area contributed by atoms with Crippen LogP contribution in [0.4, 0.5) is 0 Å². The average Bonchev–Trinajstić information content (AvgIpc) is 2.25. The van der Waals surface area contributed by atoms with Gasteiger partial charge in [0.2, 0.25) is 0 Å². The van der Waals surface area contributed by atoms with Crippen LogP contribution in [0.5, 0.6) is 0 Å². The molecule has 1 rings (SSSR count). The second-order valence-corrected chi connectivity index (χ2v) is 5.24. The van der Waals surface area contributed by atoms with Gasteiger partial charge in [-0.25, -0.2) is 0 Å². The Morgan fingerprint density at radius 1 is 1.53 bits per heavy atom. The molecule has 1 aromatic rings. The molecule has 0 saturated heterocycles. The summed E-state index contributed by atoms with van der Waals surface area (Å²) in [6.45, 7) is 4.20. The third-order valence-corrected chi connectivity index (χ3v) is 3.14. The number of nitrogens with zero attached hydrogens (tertiary/aromatic N) is 1. The number of benzene rings is 1. The van der Waals surface area contributed by atoms with Crippen molar-refractivity contribution in [1.29, 1.82) is 0 Å². The van der Waals surface area contributed by atoms with Gasteiger partial charge in [-0.05, 0) is 44.0 Å². The van der Waals surface area contributed by atoms with Crippen LogP contribution >= 0.6 is 15.9 Å². The summed E-state index contributed by atoms with van der Waals surface area (Å²) in [4.78, 5) is 13.8. The predicted octanol–water partition coefficient (Wildman–Crippen LogP) is 2.60. The number of aryl methyl sites for hydroxylation is 1. The first-order valence-corrected chi connectivity index (χ1v) is 6.40. The van der Waals surface area contributed by atoms with E-state index in [1.165, 1.54) is 0 Å². The second-order valence-electron chi connectivity index (χ2n) is 4.32. The molecule has 0 radical (unpaired) electrons. The van der Waals surface area contributed by atoms with Crippen LogP contribution in [-0.2, 0) is 0 Å². The summed E-state index contributed by atoms with van der Waals surface area (Å²) in [6, 6.07) is 5.61. The van der Waals surface area contributed by atoms with Crippen molar-refractivity contribution in [2.24, 2.45) is 0 Å². The van der Waals surface area contributed by atoms with E-state index in [-0.39, 0.29) is 12.0 Å². The number of carbonyl (C=O) groups is 1. The van der Waals surface area contributed by atoms with Crippen LogP contribution in [0, 0.1) is 6.92 Å². The molecule has 0 saturated carbocycles. The Kier molecular flexibility index (Phi) is 5.15. The molecule has 1 N–H and O–H groups in total. The van der Waals surface area contributed by atoms with Gasteiger partial charge in [-0.2, -0.15) is 0 Å². The monoisotopic (exact) mass is 299 g/mol. The largest absolute Gasteiger partial charge is 0.393 e. The lowest BCUT2D eigenvalue weighted by Crippen LogP contribution is -2.29. The van der Waals surface area contributed by atoms with Crippen molar-refractivity contribution in [1.82, 2.24) is 4.90 Å². The minimum absolute atomic E-state index is 0.00403. The predicted molar refractivity (Wildman–Crippen MR) is 72.1 cm³/mol. The van der Waals surface area contributed by atoms with Gasteiger partial charge in [0.25, 0.3) is 5.91 Å². The lowest BCUT2D eigenvalue weighted by Gasteiger charge is -2.19. The minimum Gasteiger partial charge on any atom is -0.393 e. The van der Waals surface area contributed by atoms with Crippen molar-refractivity contribution in [3.8, 4) is 0 Å². The zero-order chi connectivity index (χ0) is 13.0. The van der Waals surface area contributed by atoms with Crippen molar-refractivity contribution >= 4 is 21.8 Å². The molecule has 94 valence electrons. The summed E-state index contributed by atoms with van der Waals surface area (Å²) in [5.41, 5.74) is 1.66. The van der Waals surface area contributed by atoms with Gasteiger partial charge in [-0.3, -0.25) is 4.79 Å². The zero-order valence-electron chi connectivity index (χ0n) is 10.4. The zero-order valence-corrected chi connectivity index (χ0v) is 12.0. The van der Waals surface area contributed by atoms with Gasteiger partial charge < -0.3 is 10.0 Å². The van der Waals surface area contributed by atoms with Gasteiger partial charge in [-0.15, -0.1) is 0 Å². The maximum absolute atomic E-state index is 12.1. The molecule has 0 bridgehead atoms. The fourth-order valence-electron chi connectivity index (χ4n) is 1.55. The summed E-state index contributed by atoms with van der Waals surface area (Å²) in [6.07, 6.45) is 0.217. The van der Waals surface area contributed by atoms with E-state index in [1.54, 1.807) is 18.9 Å². The van der Waals surface area contributed by atoms with Crippen molar-refractivity contribution < 1.29 is 9.90 Å². The molecule has 4 heteroatoms. The van der Waals surface area contributed by atoms with Gasteiger partial charge in [0.1, 0.15) is 0 Å². The fraction of sp³-hybridized carbons (Fsp3) is 0.462. The number of aliphatic hydroxyl groups excluding tert-OH is 1. The molecule has 0 aliphatic heterocycles. The fourth-order valence-corrected chi connectivity index (χ4v) is 2.03. The van der Waals surface area contributed by atoms with Crippen LogP contribution in [0.3, 0.4) is 0 Å². The normalized spacial score (nSPS) is 12.3. The lowest BCUT2D eigenvalue weighted by atomic mass is 10.1. The number of halogens is 1. The van der Waals surface area contributed by atoms with Crippen LogP contribution in [0.1, 0.15) is 29.3 Å². The highest BCUT2D eigenvalue weighted by atomic mass is 79.9. The number of amides is 1. The molecule has 0 fully saturated rings. The summed E-state index contributed by atoms with van der Waals surface area (Å²) >= 11 is 3.37. The summed E-state index contributed by atoms with van der Waals surface area (Å²) in [5.74, 6) is -0.00403. The maximum atomic E-state index is 12.1. The van der Waals surface area contributed by atoms with E-state index in [2.05, 4.69) is 15.9 Å². The van der Waals surface area contributed by atoms with Gasteiger partial charge in [0.05, 0.1) is 6.10 Å². The maximum Gasteiger partial charge on any atom is 0.253 e. The van der Waals surface area contributed by atoms with Gasteiger partial charge in [0.15, 0.2) is 0 Å². The molecule has 0 spiro atoms.